The fraction of sp³-hybridized carbons (Fsp3) is 0.154. The van der Waals surface area contributed by atoms with Crippen molar-refractivity contribution in [3.63, 3.8) is 0 Å². The standard InChI is InChI=1S/C13H13NO2/c1-9-5-3-6-10(13(15)14-2)12(9)11-7-4-8-16-11/h3-8H,1-2H3,(H,14,15). The molecule has 0 aliphatic heterocycles. The van der Waals surface area contributed by atoms with Crippen molar-refractivity contribution in [1.29, 1.82) is 0 Å². The molecule has 0 saturated heterocycles. The number of rotatable bonds is 2. The number of hydrogen-bond acceptors (Lipinski definition) is 2. The van der Waals surface area contributed by atoms with Crippen molar-refractivity contribution in [1.82, 2.24) is 5.32 Å². The number of furan rings is 1. The van der Waals surface area contributed by atoms with E-state index in [9.17, 15) is 4.79 Å². The molecule has 82 valence electrons. The minimum Gasteiger partial charge on any atom is -0.464 e. The summed E-state index contributed by atoms with van der Waals surface area (Å²) >= 11 is 0. The second-order valence-corrected chi connectivity index (χ2v) is 3.55. The molecule has 1 aromatic carbocycles. The van der Waals surface area contributed by atoms with Gasteiger partial charge in [0.15, 0.2) is 0 Å². The van der Waals surface area contributed by atoms with Crippen LogP contribution in [-0.4, -0.2) is 13.0 Å². The van der Waals surface area contributed by atoms with Gasteiger partial charge in [-0.05, 0) is 30.7 Å². The first-order valence-corrected chi connectivity index (χ1v) is 5.09. The topological polar surface area (TPSA) is 42.2 Å². The highest BCUT2D eigenvalue weighted by atomic mass is 16.3. The van der Waals surface area contributed by atoms with Crippen LogP contribution in [0.1, 0.15) is 15.9 Å². The molecular formula is C13H13NO2. The molecule has 0 saturated carbocycles. The highest BCUT2D eigenvalue weighted by Gasteiger charge is 2.15. The van der Waals surface area contributed by atoms with Crippen LogP contribution in [-0.2, 0) is 0 Å². The van der Waals surface area contributed by atoms with Gasteiger partial charge in [-0.15, -0.1) is 0 Å². The molecule has 2 aromatic rings. The van der Waals surface area contributed by atoms with Crippen molar-refractivity contribution in [2.24, 2.45) is 0 Å². The molecule has 1 heterocycles. The first-order chi connectivity index (χ1) is 7.74. The van der Waals surface area contributed by atoms with Crippen LogP contribution in [0.5, 0.6) is 0 Å². The summed E-state index contributed by atoms with van der Waals surface area (Å²) in [6, 6.07) is 9.30. The third-order valence-corrected chi connectivity index (χ3v) is 2.51. The van der Waals surface area contributed by atoms with Crippen LogP contribution in [0.4, 0.5) is 0 Å². The van der Waals surface area contributed by atoms with E-state index < -0.39 is 0 Å². The Balaban J connectivity index is 2.62. The van der Waals surface area contributed by atoms with Crippen molar-refractivity contribution in [3.05, 3.63) is 47.7 Å². The number of benzene rings is 1. The molecule has 0 fully saturated rings. The molecule has 0 spiro atoms. The van der Waals surface area contributed by atoms with E-state index in [1.807, 2.05) is 31.2 Å². The van der Waals surface area contributed by atoms with E-state index >= 15 is 0 Å². The molecule has 0 atom stereocenters. The van der Waals surface area contributed by atoms with Crippen LogP contribution in [0, 0.1) is 6.92 Å². The number of aryl methyl sites for hydroxylation is 1. The minimum absolute atomic E-state index is 0.102. The van der Waals surface area contributed by atoms with E-state index in [1.165, 1.54) is 0 Å². The van der Waals surface area contributed by atoms with Gasteiger partial charge in [0.05, 0.1) is 11.8 Å². The molecule has 0 aliphatic carbocycles. The largest absolute Gasteiger partial charge is 0.464 e. The number of carbonyl (C=O) groups excluding carboxylic acids is 1. The van der Waals surface area contributed by atoms with Crippen LogP contribution < -0.4 is 5.32 Å². The number of hydrogen-bond donors (Lipinski definition) is 1. The van der Waals surface area contributed by atoms with Gasteiger partial charge in [0.1, 0.15) is 5.76 Å². The Labute approximate surface area is 94.1 Å². The normalized spacial score (nSPS) is 10.1. The summed E-state index contributed by atoms with van der Waals surface area (Å²) in [6.45, 7) is 1.96. The van der Waals surface area contributed by atoms with Gasteiger partial charge in [0.25, 0.3) is 5.91 Å². The molecule has 2 rings (SSSR count). The molecule has 3 nitrogen and oxygen atoms in total. The van der Waals surface area contributed by atoms with Gasteiger partial charge in [0, 0.05) is 12.6 Å². The molecule has 0 bridgehead atoms. The number of amides is 1. The first kappa shape index (κ1) is 10.5. The van der Waals surface area contributed by atoms with Gasteiger partial charge < -0.3 is 9.73 Å². The van der Waals surface area contributed by atoms with Gasteiger partial charge in [-0.3, -0.25) is 4.79 Å². The molecule has 0 aliphatic rings. The van der Waals surface area contributed by atoms with Crippen molar-refractivity contribution in [2.45, 2.75) is 6.92 Å². The fourth-order valence-corrected chi connectivity index (χ4v) is 1.74. The van der Waals surface area contributed by atoms with Gasteiger partial charge in [0.2, 0.25) is 0 Å². The van der Waals surface area contributed by atoms with Crippen LogP contribution in [0.3, 0.4) is 0 Å². The number of nitrogens with one attached hydrogen (secondary N) is 1. The minimum atomic E-state index is -0.102. The Kier molecular flexibility index (Phi) is 2.77. The lowest BCUT2D eigenvalue weighted by Gasteiger charge is -2.08. The second kappa shape index (κ2) is 4.23. The highest BCUT2D eigenvalue weighted by molar-refractivity contribution is 6.00. The zero-order chi connectivity index (χ0) is 11.5. The monoisotopic (exact) mass is 215 g/mol. The molecule has 0 radical (unpaired) electrons. The fourth-order valence-electron chi connectivity index (χ4n) is 1.74. The quantitative estimate of drug-likeness (QED) is 0.836. The van der Waals surface area contributed by atoms with E-state index in [4.69, 9.17) is 4.42 Å². The Hall–Kier alpha value is -2.03. The third-order valence-electron chi connectivity index (χ3n) is 2.51. The summed E-state index contributed by atoms with van der Waals surface area (Å²) in [5.41, 5.74) is 2.51. The smallest absolute Gasteiger partial charge is 0.251 e. The van der Waals surface area contributed by atoms with Crippen molar-refractivity contribution >= 4 is 5.91 Å². The predicted molar refractivity (Wildman–Crippen MR) is 62.3 cm³/mol. The highest BCUT2D eigenvalue weighted by Crippen LogP contribution is 2.27. The average Bonchev–Trinajstić information content (AvgIpc) is 2.81. The van der Waals surface area contributed by atoms with Gasteiger partial charge in [-0.2, -0.15) is 0 Å². The summed E-state index contributed by atoms with van der Waals surface area (Å²) in [7, 11) is 1.62. The van der Waals surface area contributed by atoms with Crippen molar-refractivity contribution in [3.8, 4) is 11.3 Å². The Morgan fingerprint density at radius 1 is 1.25 bits per heavy atom. The van der Waals surface area contributed by atoms with Gasteiger partial charge >= 0.3 is 0 Å². The molecule has 0 unspecified atom stereocenters. The molecule has 16 heavy (non-hydrogen) atoms. The lowest BCUT2D eigenvalue weighted by atomic mass is 9.99. The van der Waals surface area contributed by atoms with Crippen molar-refractivity contribution in [2.75, 3.05) is 7.05 Å². The average molecular weight is 215 g/mol. The lowest BCUT2D eigenvalue weighted by molar-refractivity contribution is 0.0963. The Morgan fingerprint density at radius 3 is 2.69 bits per heavy atom. The summed E-state index contributed by atoms with van der Waals surface area (Å²) in [4.78, 5) is 11.7. The zero-order valence-corrected chi connectivity index (χ0v) is 9.28. The lowest BCUT2D eigenvalue weighted by Crippen LogP contribution is -2.18. The summed E-state index contributed by atoms with van der Waals surface area (Å²) in [6.07, 6.45) is 1.61. The van der Waals surface area contributed by atoms with E-state index in [2.05, 4.69) is 5.32 Å². The predicted octanol–water partition coefficient (Wildman–Crippen LogP) is 2.61. The van der Waals surface area contributed by atoms with Gasteiger partial charge in [-0.1, -0.05) is 12.1 Å². The summed E-state index contributed by atoms with van der Waals surface area (Å²) in [5, 5.41) is 2.63. The van der Waals surface area contributed by atoms with Crippen LogP contribution in [0.25, 0.3) is 11.3 Å². The van der Waals surface area contributed by atoms with Crippen LogP contribution >= 0.6 is 0 Å². The zero-order valence-electron chi connectivity index (χ0n) is 9.28. The molecule has 3 heteroatoms. The molecular weight excluding hydrogens is 202 g/mol. The third kappa shape index (κ3) is 1.72. The van der Waals surface area contributed by atoms with Gasteiger partial charge in [-0.25, -0.2) is 0 Å². The Bertz CT molecular complexity index is 501. The molecule has 1 amide bonds. The van der Waals surface area contributed by atoms with Crippen LogP contribution in [0.15, 0.2) is 41.0 Å². The van der Waals surface area contributed by atoms with E-state index in [0.29, 0.717) is 5.56 Å². The number of carbonyl (C=O) groups is 1. The van der Waals surface area contributed by atoms with E-state index in [1.54, 1.807) is 19.4 Å². The van der Waals surface area contributed by atoms with E-state index in [0.717, 1.165) is 16.9 Å². The second-order valence-electron chi connectivity index (χ2n) is 3.55. The molecule has 1 aromatic heterocycles. The molecule has 1 N–H and O–H groups in total. The first-order valence-electron chi connectivity index (χ1n) is 5.09. The maximum absolute atomic E-state index is 11.7. The SMILES string of the molecule is CNC(=O)c1cccc(C)c1-c1ccco1. The van der Waals surface area contributed by atoms with Crippen molar-refractivity contribution < 1.29 is 9.21 Å². The van der Waals surface area contributed by atoms with Crippen LogP contribution in [0.2, 0.25) is 0 Å². The maximum Gasteiger partial charge on any atom is 0.251 e. The Morgan fingerprint density at radius 2 is 2.06 bits per heavy atom. The maximum atomic E-state index is 11.7. The van der Waals surface area contributed by atoms with E-state index in [-0.39, 0.29) is 5.91 Å². The summed E-state index contributed by atoms with van der Waals surface area (Å²) in [5.74, 6) is 0.617. The summed E-state index contributed by atoms with van der Waals surface area (Å²) < 4.78 is 5.36.